The van der Waals surface area contributed by atoms with Crippen LogP contribution in [0.1, 0.15) is 5.56 Å². The highest BCUT2D eigenvalue weighted by molar-refractivity contribution is 7.94. The summed E-state index contributed by atoms with van der Waals surface area (Å²) in [5.41, 5.74) is 1.30. The Balaban J connectivity index is 2.04. The summed E-state index contributed by atoms with van der Waals surface area (Å²) in [6, 6.07) is 15.4. The molecule has 0 spiro atoms. The van der Waals surface area contributed by atoms with Gasteiger partial charge in [-0.15, -0.1) is 11.3 Å². The van der Waals surface area contributed by atoms with Crippen LogP contribution in [0, 0.1) is 0 Å². The van der Waals surface area contributed by atoms with E-state index in [1.165, 1.54) is 10.4 Å². The number of ether oxygens (including phenoxy) is 2. The van der Waals surface area contributed by atoms with Gasteiger partial charge in [0.05, 0.1) is 31.5 Å². The van der Waals surface area contributed by atoms with Crippen LogP contribution in [0.5, 0.6) is 11.5 Å². The van der Waals surface area contributed by atoms with E-state index in [1.807, 2.05) is 12.1 Å². The number of halogens is 2. The van der Waals surface area contributed by atoms with Crippen LogP contribution < -0.4 is 13.8 Å². The minimum absolute atomic E-state index is 0.0758. The number of thiophene rings is 1. The molecule has 0 amide bonds. The summed E-state index contributed by atoms with van der Waals surface area (Å²) in [4.78, 5) is 0. The van der Waals surface area contributed by atoms with Crippen molar-refractivity contribution >= 4 is 50.2 Å². The van der Waals surface area contributed by atoms with Crippen molar-refractivity contribution < 1.29 is 17.9 Å². The Morgan fingerprint density at radius 2 is 1.46 bits per heavy atom. The van der Waals surface area contributed by atoms with Crippen LogP contribution >= 0.6 is 34.5 Å². The maximum Gasteiger partial charge on any atom is 0.274 e. The molecular formula is C19H17Cl2NO4S2. The molecule has 2 aromatic carbocycles. The number of hydrogen-bond donors (Lipinski definition) is 0. The van der Waals surface area contributed by atoms with Crippen LogP contribution in [-0.2, 0) is 16.6 Å². The van der Waals surface area contributed by atoms with E-state index in [9.17, 15) is 8.42 Å². The Labute approximate surface area is 178 Å². The van der Waals surface area contributed by atoms with Gasteiger partial charge in [0, 0.05) is 0 Å². The highest BCUT2D eigenvalue weighted by Crippen LogP contribution is 2.37. The molecule has 0 aliphatic carbocycles. The lowest BCUT2D eigenvalue weighted by Crippen LogP contribution is -2.30. The molecule has 1 heterocycles. The summed E-state index contributed by atoms with van der Waals surface area (Å²) >= 11 is 12.9. The summed E-state index contributed by atoms with van der Waals surface area (Å²) in [5, 5.41) is 0.212. The van der Waals surface area contributed by atoms with Gasteiger partial charge in [-0.25, -0.2) is 8.42 Å². The van der Waals surface area contributed by atoms with Crippen LogP contribution in [0.25, 0.3) is 0 Å². The molecule has 0 radical (unpaired) electrons. The Kier molecular flexibility index (Phi) is 6.40. The van der Waals surface area contributed by atoms with Gasteiger partial charge < -0.3 is 9.47 Å². The molecule has 0 unspecified atom stereocenters. The van der Waals surface area contributed by atoms with E-state index in [-0.39, 0.29) is 20.1 Å². The fourth-order valence-corrected chi connectivity index (χ4v) is 5.97. The predicted octanol–water partition coefficient (Wildman–Crippen LogP) is 5.47. The number of methoxy groups -OCH3 is 2. The maximum atomic E-state index is 13.3. The van der Waals surface area contributed by atoms with E-state index in [0.29, 0.717) is 17.2 Å². The first-order valence-electron chi connectivity index (χ1n) is 8.09. The molecular weight excluding hydrogens is 441 g/mol. The van der Waals surface area contributed by atoms with E-state index in [4.69, 9.17) is 32.7 Å². The fourth-order valence-electron chi connectivity index (χ4n) is 2.52. The Morgan fingerprint density at radius 1 is 0.929 bits per heavy atom. The summed E-state index contributed by atoms with van der Waals surface area (Å²) in [7, 11) is -0.749. The molecule has 1 aromatic heterocycles. The molecule has 0 atom stereocenters. The number of sulfonamides is 1. The standard InChI is InChI=1S/C19H17Cl2NO4S2/c1-25-15-7-3-13(4-8-15)12-22(14-5-9-16(26-2)10-6-14)28(23,24)18-11-17(20)19(21)27-18/h3-11H,12H2,1-2H3. The quantitative estimate of drug-likeness (QED) is 0.471. The second-order valence-electron chi connectivity index (χ2n) is 5.74. The van der Waals surface area contributed by atoms with Crippen molar-refractivity contribution in [3.63, 3.8) is 0 Å². The lowest BCUT2D eigenvalue weighted by molar-refractivity contribution is 0.414. The monoisotopic (exact) mass is 457 g/mol. The van der Waals surface area contributed by atoms with Gasteiger partial charge >= 0.3 is 0 Å². The Morgan fingerprint density at radius 3 is 1.93 bits per heavy atom. The second kappa shape index (κ2) is 8.61. The van der Waals surface area contributed by atoms with Crippen molar-refractivity contribution in [2.24, 2.45) is 0 Å². The van der Waals surface area contributed by atoms with E-state index >= 15 is 0 Å². The first-order valence-corrected chi connectivity index (χ1v) is 11.1. The average Bonchev–Trinajstić information content (AvgIpc) is 3.06. The Bertz CT molecular complexity index is 1030. The highest BCUT2D eigenvalue weighted by Gasteiger charge is 2.28. The van der Waals surface area contributed by atoms with E-state index in [1.54, 1.807) is 50.6 Å². The van der Waals surface area contributed by atoms with Crippen LogP contribution in [0.4, 0.5) is 5.69 Å². The van der Waals surface area contributed by atoms with Crippen molar-refractivity contribution in [3.8, 4) is 11.5 Å². The zero-order chi connectivity index (χ0) is 20.3. The van der Waals surface area contributed by atoms with E-state index < -0.39 is 10.0 Å². The first kappa shape index (κ1) is 20.8. The molecule has 0 fully saturated rings. The lowest BCUT2D eigenvalue weighted by Gasteiger charge is -2.24. The van der Waals surface area contributed by atoms with Gasteiger partial charge in [0.1, 0.15) is 20.0 Å². The van der Waals surface area contributed by atoms with Gasteiger partial charge in [0.25, 0.3) is 10.0 Å². The van der Waals surface area contributed by atoms with Crippen LogP contribution in [0.15, 0.2) is 58.8 Å². The zero-order valence-electron chi connectivity index (χ0n) is 15.1. The van der Waals surface area contributed by atoms with Crippen LogP contribution in [0.2, 0.25) is 9.36 Å². The minimum Gasteiger partial charge on any atom is -0.497 e. The summed E-state index contributed by atoms with van der Waals surface area (Å²) in [6.07, 6.45) is 0. The maximum absolute atomic E-state index is 13.3. The average molecular weight is 458 g/mol. The lowest BCUT2D eigenvalue weighted by atomic mass is 10.2. The third kappa shape index (κ3) is 4.38. The molecule has 0 N–H and O–H groups in total. The number of nitrogens with zero attached hydrogens (tertiary/aromatic N) is 1. The largest absolute Gasteiger partial charge is 0.497 e. The molecule has 0 saturated carbocycles. The van der Waals surface area contributed by atoms with Crippen molar-refractivity contribution in [3.05, 3.63) is 69.5 Å². The zero-order valence-corrected chi connectivity index (χ0v) is 18.2. The van der Waals surface area contributed by atoms with Gasteiger partial charge in [-0.3, -0.25) is 4.31 Å². The molecule has 0 saturated heterocycles. The summed E-state index contributed by atoms with van der Waals surface area (Å²) in [5.74, 6) is 1.33. The third-order valence-corrected chi connectivity index (χ3v) is 8.10. The third-order valence-electron chi connectivity index (χ3n) is 4.01. The van der Waals surface area contributed by atoms with Gasteiger partial charge in [-0.05, 0) is 48.0 Å². The molecule has 5 nitrogen and oxygen atoms in total. The van der Waals surface area contributed by atoms with E-state index in [2.05, 4.69) is 0 Å². The van der Waals surface area contributed by atoms with Gasteiger partial charge in [0.15, 0.2) is 0 Å². The molecule has 3 aromatic rings. The van der Waals surface area contributed by atoms with E-state index in [0.717, 1.165) is 16.9 Å². The molecule has 148 valence electrons. The molecule has 9 heteroatoms. The normalized spacial score (nSPS) is 11.3. The molecule has 0 bridgehead atoms. The molecule has 0 aliphatic heterocycles. The number of rotatable bonds is 7. The first-order chi connectivity index (χ1) is 13.3. The molecule has 3 rings (SSSR count). The van der Waals surface area contributed by atoms with Crippen LogP contribution in [0.3, 0.4) is 0 Å². The number of benzene rings is 2. The number of anilines is 1. The number of hydrogen-bond acceptors (Lipinski definition) is 5. The molecule has 0 aliphatic rings. The second-order valence-corrected chi connectivity index (χ2v) is 9.90. The van der Waals surface area contributed by atoms with Crippen molar-refractivity contribution in [2.75, 3.05) is 18.5 Å². The predicted molar refractivity (Wildman–Crippen MR) is 114 cm³/mol. The Hall–Kier alpha value is -1.93. The summed E-state index contributed by atoms with van der Waals surface area (Å²) < 4.78 is 38.6. The van der Waals surface area contributed by atoms with Crippen molar-refractivity contribution in [2.45, 2.75) is 10.8 Å². The van der Waals surface area contributed by atoms with Crippen LogP contribution in [-0.4, -0.2) is 22.6 Å². The highest BCUT2D eigenvalue weighted by atomic mass is 35.5. The van der Waals surface area contributed by atoms with Gasteiger partial charge in [-0.2, -0.15) is 0 Å². The molecule has 28 heavy (non-hydrogen) atoms. The van der Waals surface area contributed by atoms with Crippen molar-refractivity contribution in [1.82, 2.24) is 0 Å². The topological polar surface area (TPSA) is 55.8 Å². The minimum atomic E-state index is -3.88. The summed E-state index contributed by atoms with van der Waals surface area (Å²) in [6.45, 7) is 0.131. The van der Waals surface area contributed by atoms with Gasteiger partial charge in [0.2, 0.25) is 0 Å². The fraction of sp³-hybridized carbons (Fsp3) is 0.158. The van der Waals surface area contributed by atoms with Gasteiger partial charge in [-0.1, -0.05) is 35.3 Å². The SMILES string of the molecule is COc1ccc(CN(c2ccc(OC)cc2)S(=O)(=O)c2cc(Cl)c(Cl)s2)cc1. The van der Waals surface area contributed by atoms with Crippen molar-refractivity contribution in [1.29, 1.82) is 0 Å². The smallest absolute Gasteiger partial charge is 0.274 e.